The summed E-state index contributed by atoms with van der Waals surface area (Å²) < 4.78 is 13.2. The van der Waals surface area contributed by atoms with Crippen molar-refractivity contribution in [2.45, 2.75) is 40.2 Å². The maximum absolute atomic E-state index is 13.2. The second-order valence-corrected chi connectivity index (χ2v) is 5.09. The van der Waals surface area contributed by atoms with Gasteiger partial charge in [0.2, 0.25) is 0 Å². The Morgan fingerprint density at radius 1 is 1.24 bits per heavy atom. The standard InChI is InChI=1S/C15H24FN/c1-5-17-12(4)15(11(2)3)10-13-7-6-8-14(16)9-13/h6-9,11-12,15,17H,5,10H2,1-4H3. The van der Waals surface area contributed by atoms with E-state index in [1.807, 2.05) is 6.07 Å². The highest BCUT2D eigenvalue weighted by Gasteiger charge is 2.20. The summed E-state index contributed by atoms with van der Waals surface area (Å²) in [4.78, 5) is 0. The SMILES string of the molecule is CCNC(C)C(Cc1cccc(F)c1)C(C)C. The first-order valence-corrected chi connectivity index (χ1v) is 6.52. The minimum Gasteiger partial charge on any atom is -0.314 e. The molecular formula is C15H24FN. The van der Waals surface area contributed by atoms with Gasteiger partial charge in [-0.25, -0.2) is 4.39 Å². The van der Waals surface area contributed by atoms with Crippen LogP contribution in [0.1, 0.15) is 33.3 Å². The van der Waals surface area contributed by atoms with Crippen LogP contribution in [-0.2, 0) is 6.42 Å². The second-order valence-electron chi connectivity index (χ2n) is 5.09. The second kappa shape index (κ2) is 6.75. The van der Waals surface area contributed by atoms with Gasteiger partial charge in [0.15, 0.2) is 0 Å². The molecule has 96 valence electrons. The van der Waals surface area contributed by atoms with Crippen LogP contribution in [0, 0.1) is 17.7 Å². The van der Waals surface area contributed by atoms with Gasteiger partial charge < -0.3 is 5.32 Å². The zero-order chi connectivity index (χ0) is 12.8. The first-order chi connectivity index (χ1) is 8.04. The minimum atomic E-state index is -0.138. The summed E-state index contributed by atoms with van der Waals surface area (Å²) in [6.45, 7) is 9.78. The largest absolute Gasteiger partial charge is 0.314 e. The Morgan fingerprint density at radius 3 is 2.47 bits per heavy atom. The number of halogens is 1. The van der Waals surface area contributed by atoms with Crippen molar-refractivity contribution in [2.24, 2.45) is 11.8 Å². The molecule has 0 heterocycles. The number of nitrogens with one attached hydrogen (secondary N) is 1. The molecule has 0 spiro atoms. The third-order valence-corrected chi connectivity index (χ3v) is 3.39. The van der Waals surface area contributed by atoms with Gasteiger partial charge in [-0.05, 0) is 49.4 Å². The minimum absolute atomic E-state index is 0.138. The van der Waals surface area contributed by atoms with Crippen molar-refractivity contribution in [2.75, 3.05) is 6.54 Å². The quantitative estimate of drug-likeness (QED) is 0.796. The summed E-state index contributed by atoms with van der Waals surface area (Å²) in [5.41, 5.74) is 1.09. The maximum Gasteiger partial charge on any atom is 0.123 e. The van der Waals surface area contributed by atoms with Crippen molar-refractivity contribution in [1.82, 2.24) is 5.32 Å². The van der Waals surface area contributed by atoms with Gasteiger partial charge in [-0.15, -0.1) is 0 Å². The molecule has 1 nitrogen and oxygen atoms in total. The zero-order valence-corrected chi connectivity index (χ0v) is 11.3. The van der Waals surface area contributed by atoms with E-state index in [1.165, 1.54) is 6.07 Å². The highest BCUT2D eigenvalue weighted by molar-refractivity contribution is 5.17. The van der Waals surface area contributed by atoms with Gasteiger partial charge in [-0.2, -0.15) is 0 Å². The smallest absolute Gasteiger partial charge is 0.123 e. The van der Waals surface area contributed by atoms with Gasteiger partial charge in [0.1, 0.15) is 5.82 Å². The Bertz CT molecular complexity index is 335. The van der Waals surface area contributed by atoms with Crippen molar-refractivity contribution in [3.05, 3.63) is 35.6 Å². The molecule has 1 rings (SSSR count). The molecule has 0 radical (unpaired) electrons. The Balaban J connectivity index is 2.73. The molecule has 0 aliphatic carbocycles. The van der Waals surface area contributed by atoms with Crippen LogP contribution in [0.3, 0.4) is 0 Å². The van der Waals surface area contributed by atoms with E-state index < -0.39 is 0 Å². The zero-order valence-electron chi connectivity index (χ0n) is 11.3. The van der Waals surface area contributed by atoms with Crippen LogP contribution in [0.5, 0.6) is 0 Å². The third kappa shape index (κ3) is 4.47. The molecule has 0 aliphatic heterocycles. The van der Waals surface area contributed by atoms with E-state index in [1.54, 1.807) is 12.1 Å². The van der Waals surface area contributed by atoms with E-state index in [-0.39, 0.29) is 5.82 Å². The summed E-state index contributed by atoms with van der Waals surface area (Å²) in [6, 6.07) is 7.41. The molecule has 2 unspecified atom stereocenters. The van der Waals surface area contributed by atoms with Crippen LogP contribution >= 0.6 is 0 Å². The predicted octanol–water partition coefficient (Wildman–Crippen LogP) is 3.64. The third-order valence-electron chi connectivity index (χ3n) is 3.39. The highest BCUT2D eigenvalue weighted by atomic mass is 19.1. The van der Waals surface area contributed by atoms with Gasteiger partial charge >= 0.3 is 0 Å². The molecule has 17 heavy (non-hydrogen) atoms. The van der Waals surface area contributed by atoms with Gasteiger partial charge in [-0.1, -0.05) is 32.9 Å². The van der Waals surface area contributed by atoms with Gasteiger partial charge in [0, 0.05) is 6.04 Å². The first kappa shape index (κ1) is 14.2. The van der Waals surface area contributed by atoms with Crippen LogP contribution in [-0.4, -0.2) is 12.6 Å². The van der Waals surface area contributed by atoms with Crippen LogP contribution in [0.2, 0.25) is 0 Å². The number of hydrogen-bond donors (Lipinski definition) is 1. The van der Waals surface area contributed by atoms with E-state index >= 15 is 0 Å². The molecule has 0 bridgehead atoms. The Labute approximate surface area is 104 Å². The molecule has 0 aromatic heterocycles. The highest BCUT2D eigenvalue weighted by Crippen LogP contribution is 2.21. The normalized spacial score (nSPS) is 14.9. The van der Waals surface area contributed by atoms with E-state index in [9.17, 15) is 4.39 Å². The summed E-state index contributed by atoms with van der Waals surface area (Å²) in [6.07, 6.45) is 0.934. The summed E-state index contributed by atoms with van der Waals surface area (Å²) >= 11 is 0. The van der Waals surface area contributed by atoms with Crippen molar-refractivity contribution < 1.29 is 4.39 Å². The van der Waals surface area contributed by atoms with Gasteiger partial charge in [-0.3, -0.25) is 0 Å². The van der Waals surface area contributed by atoms with Crippen molar-refractivity contribution in [3.8, 4) is 0 Å². The predicted molar refractivity (Wildman–Crippen MR) is 71.6 cm³/mol. The average molecular weight is 237 g/mol. The monoisotopic (exact) mass is 237 g/mol. The Hall–Kier alpha value is -0.890. The molecule has 0 aliphatic rings. The van der Waals surface area contributed by atoms with Crippen molar-refractivity contribution in [3.63, 3.8) is 0 Å². The number of benzene rings is 1. The molecular weight excluding hydrogens is 213 g/mol. The first-order valence-electron chi connectivity index (χ1n) is 6.52. The molecule has 0 saturated carbocycles. The number of hydrogen-bond acceptors (Lipinski definition) is 1. The lowest BCUT2D eigenvalue weighted by molar-refractivity contribution is 0.292. The lowest BCUT2D eigenvalue weighted by Gasteiger charge is -2.28. The topological polar surface area (TPSA) is 12.0 Å². The van der Waals surface area contributed by atoms with Crippen LogP contribution in [0.25, 0.3) is 0 Å². The average Bonchev–Trinajstić information content (AvgIpc) is 2.26. The van der Waals surface area contributed by atoms with E-state index in [4.69, 9.17) is 0 Å². The molecule has 1 aromatic rings. The summed E-state index contributed by atoms with van der Waals surface area (Å²) in [5.74, 6) is 0.991. The lowest BCUT2D eigenvalue weighted by atomic mass is 9.84. The van der Waals surface area contributed by atoms with Crippen molar-refractivity contribution in [1.29, 1.82) is 0 Å². The van der Waals surface area contributed by atoms with Gasteiger partial charge in [0.05, 0.1) is 0 Å². The van der Waals surface area contributed by atoms with Crippen LogP contribution in [0.15, 0.2) is 24.3 Å². The van der Waals surface area contributed by atoms with E-state index in [2.05, 4.69) is 33.0 Å². The molecule has 1 aromatic carbocycles. The molecule has 0 saturated heterocycles. The van der Waals surface area contributed by atoms with Crippen molar-refractivity contribution >= 4 is 0 Å². The molecule has 2 heteroatoms. The molecule has 0 amide bonds. The van der Waals surface area contributed by atoms with E-state index in [0.717, 1.165) is 18.5 Å². The fourth-order valence-corrected chi connectivity index (χ4v) is 2.40. The molecule has 1 N–H and O–H groups in total. The Kier molecular flexibility index (Phi) is 5.63. The fourth-order valence-electron chi connectivity index (χ4n) is 2.40. The van der Waals surface area contributed by atoms with Crippen LogP contribution < -0.4 is 5.32 Å². The summed E-state index contributed by atoms with van der Waals surface area (Å²) in [5, 5.41) is 3.47. The van der Waals surface area contributed by atoms with Crippen LogP contribution in [0.4, 0.5) is 4.39 Å². The van der Waals surface area contributed by atoms with Gasteiger partial charge in [0.25, 0.3) is 0 Å². The fraction of sp³-hybridized carbons (Fsp3) is 0.600. The number of rotatable bonds is 6. The molecule has 0 fully saturated rings. The Morgan fingerprint density at radius 2 is 1.94 bits per heavy atom. The molecule has 2 atom stereocenters. The summed E-state index contributed by atoms with van der Waals surface area (Å²) in [7, 11) is 0. The maximum atomic E-state index is 13.2. The van der Waals surface area contributed by atoms with E-state index in [0.29, 0.717) is 17.9 Å². The lowest BCUT2D eigenvalue weighted by Crippen LogP contribution is -2.37.